The third-order valence-electron chi connectivity index (χ3n) is 23.9. The molecule has 0 saturated carbocycles. The summed E-state index contributed by atoms with van der Waals surface area (Å²) >= 11 is 0. The Bertz CT molecular complexity index is 7770. The number of phenolic OH excluding ortho intramolecular Hbond substituents is 32. The second-order valence-electron chi connectivity index (χ2n) is 32.0. The molecule has 0 amide bonds. The lowest BCUT2D eigenvalue weighted by Gasteiger charge is -2.43. The largest absolute Gasteiger partial charge is 0.504 e. The highest BCUT2D eigenvalue weighted by Crippen LogP contribution is 2.65. The number of benzene rings is 11. The Labute approximate surface area is 793 Å². The first kappa shape index (κ1) is 95.7. The van der Waals surface area contributed by atoms with E-state index in [9.17, 15) is 183 Å². The predicted molar refractivity (Wildman–Crippen MR) is 448 cm³/mol. The fourth-order valence-electron chi connectivity index (χ4n) is 17.3. The Morgan fingerprint density at radius 1 is 0.248 bits per heavy atom. The summed E-state index contributed by atoms with van der Waals surface area (Å²) in [6, 6.07) is 1.20. The lowest BCUT2D eigenvalue weighted by Crippen LogP contribution is -2.56. The van der Waals surface area contributed by atoms with Gasteiger partial charge in [0.25, 0.3) is 0 Å². The van der Waals surface area contributed by atoms with Crippen molar-refractivity contribution in [1.82, 2.24) is 0 Å². The standard InChI is InChI=1S/C89H58O56/c90-22-1-13(2-23(91)48(22)99)80(125)138-32-11-136-82(127)20-10-31(137-72-21(79(123)124)9-30(98)55(106)71(72)122)56(107)63(114)37(20)36-16(5-26(94)51(102)59(36)110)84(129)140-73(32)77-75-44(43-45(88(133)142-75)41(64(115)69(120)66(43)117)38-17(86(131)144-77)6-27(95)52(103)60(38)111)40-19(8-29(97)54(105)62(40)113)83(128)139-33-12-135-81(126)14-3-24(92)49(100)57(108)34(14)35-15(4-25(93)50(101)58(35)109)85(130)141-74(33)78-76-68(119)47-46(89(134)143-76)42(65(116)70(121)67(47)118)39-18(87(132)145-78)7-28(96)53(104)61(39)112/h1-10,32-33,44,68,73-78,90-122H,11-12H2,(H,123,124)/t32-,33-,44-,68+,73+,74+,75-,76-,77-,78-/m0/s1. The molecule has 11 aromatic rings. The molecule has 7 aliphatic heterocycles. The maximum atomic E-state index is 16.8. The van der Waals surface area contributed by atoms with Gasteiger partial charge >= 0.3 is 65.7 Å². The molecule has 34 N–H and O–H groups in total. The minimum absolute atomic E-state index is 0.00914. The van der Waals surface area contributed by atoms with Gasteiger partial charge in [-0.25, -0.2) is 52.7 Å². The van der Waals surface area contributed by atoms with Gasteiger partial charge in [-0.15, -0.1) is 0 Å². The van der Waals surface area contributed by atoms with E-state index in [1.54, 1.807) is 0 Å². The Balaban J connectivity index is 0.930. The van der Waals surface area contributed by atoms with Crippen molar-refractivity contribution in [3.05, 3.63) is 139 Å². The minimum Gasteiger partial charge on any atom is -0.504 e. The maximum Gasteiger partial charge on any atom is 0.339 e. The molecule has 56 nitrogen and oxygen atoms in total. The Hall–Kier alpha value is -21.0. The zero-order valence-corrected chi connectivity index (χ0v) is 70.6. The number of rotatable bonds is 10. The molecule has 18 rings (SSSR count). The number of aromatic carboxylic acids is 1. The van der Waals surface area contributed by atoms with Gasteiger partial charge in [0.2, 0.25) is 63.2 Å². The summed E-state index contributed by atoms with van der Waals surface area (Å²) in [6.45, 7) is -4.28. The number of fused-ring (bicyclic) bond motifs is 13. The second-order valence-corrected chi connectivity index (χ2v) is 32.0. The summed E-state index contributed by atoms with van der Waals surface area (Å²) in [5.41, 5.74) is -34.7. The van der Waals surface area contributed by atoms with Crippen LogP contribution in [0.2, 0.25) is 0 Å². The number of aliphatic hydroxyl groups excluding tert-OH is 1. The first-order chi connectivity index (χ1) is 68.1. The summed E-state index contributed by atoms with van der Waals surface area (Å²) in [6.07, 6.45) is -30.8. The van der Waals surface area contributed by atoms with Crippen LogP contribution < -0.4 is 4.74 Å². The van der Waals surface area contributed by atoms with Crippen LogP contribution in [0.1, 0.15) is 143 Å². The van der Waals surface area contributed by atoms with E-state index in [-0.39, 0.29) is 60.7 Å². The fourth-order valence-corrected chi connectivity index (χ4v) is 17.3. The van der Waals surface area contributed by atoms with Gasteiger partial charge in [-0.05, 0) is 48.5 Å². The fraction of sp³-hybridized carbons (Fsp3) is 0.135. The molecule has 10 atom stereocenters. The molecule has 0 spiro atoms. The zero-order chi connectivity index (χ0) is 106. The molecule has 11 aromatic carbocycles. The van der Waals surface area contributed by atoms with Crippen LogP contribution in [0.25, 0.3) is 44.5 Å². The maximum absolute atomic E-state index is 16.8. The van der Waals surface area contributed by atoms with Crippen molar-refractivity contribution in [1.29, 1.82) is 0 Å². The second kappa shape index (κ2) is 33.7. The number of carboxylic acids is 1. The van der Waals surface area contributed by atoms with Gasteiger partial charge in [-0.2, -0.15) is 0 Å². The van der Waals surface area contributed by atoms with Crippen LogP contribution in [-0.4, -0.2) is 301 Å². The van der Waals surface area contributed by atoms with Crippen LogP contribution in [0.15, 0.2) is 60.7 Å². The summed E-state index contributed by atoms with van der Waals surface area (Å²) in [5.74, 6) is -88.6. The van der Waals surface area contributed by atoms with Gasteiger partial charge in [0.05, 0.1) is 61.6 Å². The third kappa shape index (κ3) is 14.4. The monoisotopic (exact) mass is 2020 g/mol. The predicted octanol–water partition coefficient (Wildman–Crippen LogP) is 3.99. The van der Waals surface area contributed by atoms with Gasteiger partial charge in [-0.1, -0.05) is 0 Å². The van der Waals surface area contributed by atoms with Crippen LogP contribution in [0.3, 0.4) is 0 Å². The van der Waals surface area contributed by atoms with Crippen molar-refractivity contribution in [2.45, 2.75) is 60.9 Å². The van der Waals surface area contributed by atoms with Crippen molar-refractivity contribution in [2.24, 2.45) is 0 Å². The van der Waals surface area contributed by atoms with Crippen molar-refractivity contribution in [2.75, 3.05) is 13.2 Å². The highest BCUT2D eigenvalue weighted by molar-refractivity contribution is 6.15. The average molecular weight is 2020 g/mol. The summed E-state index contributed by atoms with van der Waals surface area (Å²) < 4.78 is 63.8. The number of carbonyl (C=O) groups excluding carboxylic acids is 10. The molecule has 0 radical (unpaired) electrons. The van der Waals surface area contributed by atoms with E-state index in [1.165, 1.54) is 0 Å². The molecular weight excluding hydrogens is 1960 g/mol. The first-order valence-corrected chi connectivity index (χ1v) is 40.2. The summed E-state index contributed by atoms with van der Waals surface area (Å²) in [4.78, 5) is 170. The molecule has 0 fully saturated rings. The SMILES string of the molecule is O=C(O[C@H]1COC(=O)c2cc(Oc3c(C(=O)O)cc(O)c(O)c3O)c(O)c(O)c2-c2c(cc(O)c(O)c2O)C(=O)O[C@H]1[C@@H]1OC(=O)c2cc(O)c(O)c(O)c2-c2c(O)c(O)c(O)c3c2C(=O)O[C@H]1[C@H]3c1c(C(=O)O[C@H]2COC(=O)c3cc(O)c(O)c(O)c3-c3c(cc(O)c(O)c3O)C(=O)O[C@H]2[C@@H]2OC(=O)c3cc(O)c(O)c(O)c3-c3c(O)c(O)c(O)c4c3C(=O)O[C@H]2[C@@H]4O)cc(O)c(O)c1O)c1cc(O)c(O)c(O)c1. The smallest absolute Gasteiger partial charge is 0.339 e. The van der Waals surface area contributed by atoms with Gasteiger partial charge in [0, 0.05) is 73.3 Å². The van der Waals surface area contributed by atoms with Gasteiger partial charge in [0.15, 0.2) is 181 Å². The van der Waals surface area contributed by atoms with Gasteiger partial charge in [0.1, 0.15) is 24.9 Å². The van der Waals surface area contributed by atoms with E-state index in [0.29, 0.717) is 0 Å². The number of aliphatic hydroxyl groups is 1. The van der Waals surface area contributed by atoms with Crippen LogP contribution in [0.4, 0.5) is 0 Å². The highest BCUT2D eigenvalue weighted by Gasteiger charge is 2.60. The molecule has 6 bridgehead atoms. The number of cyclic esters (lactones) is 5. The number of ether oxygens (including phenoxy) is 11. The van der Waals surface area contributed by atoms with Crippen molar-refractivity contribution in [3.63, 3.8) is 0 Å². The van der Waals surface area contributed by atoms with Crippen LogP contribution in [-0.2, 0) is 47.4 Å². The topological polar surface area (TPSA) is 977 Å². The number of hydrogen-bond donors (Lipinski definition) is 34. The highest BCUT2D eigenvalue weighted by atomic mass is 16.7. The lowest BCUT2D eigenvalue weighted by atomic mass is 9.73. The summed E-state index contributed by atoms with van der Waals surface area (Å²) in [5, 5.41) is 391. The van der Waals surface area contributed by atoms with Crippen molar-refractivity contribution < 1.29 is 278 Å². The number of carbonyl (C=O) groups is 11. The molecule has 56 heteroatoms. The molecule has 0 aliphatic carbocycles. The molecule has 7 aliphatic rings. The first-order valence-electron chi connectivity index (χ1n) is 40.2. The molecule has 145 heavy (non-hydrogen) atoms. The quantitative estimate of drug-likeness (QED) is 0.0523. The molecule has 0 unspecified atom stereocenters. The number of aromatic hydroxyl groups is 32. The molecule has 0 aromatic heterocycles. The molecule has 7 heterocycles. The van der Waals surface area contributed by atoms with Gasteiger partial charge in [-0.3, -0.25) is 0 Å². The van der Waals surface area contributed by atoms with Crippen molar-refractivity contribution in [3.8, 4) is 240 Å². The van der Waals surface area contributed by atoms with Crippen LogP contribution >= 0.6 is 0 Å². The molecule has 750 valence electrons. The van der Waals surface area contributed by atoms with E-state index < -0.39 is 458 Å². The number of esters is 10. The van der Waals surface area contributed by atoms with E-state index >= 15 is 43.2 Å². The lowest BCUT2D eigenvalue weighted by molar-refractivity contribution is -0.154. The molecular formula is C89H58O56. The van der Waals surface area contributed by atoms with E-state index in [4.69, 9.17) is 52.1 Å². The Kier molecular flexibility index (Phi) is 22.2. The third-order valence-corrected chi connectivity index (χ3v) is 23.9. The van der Waals surface area contributed by atoms with Gasteiger partial charge < -0.3 is 226 Å². The zero-order valence-electron chi connectivity index (χ0n) is 70.6. The van der Waals surface area contributed by atoms with Crippen LogP contribution in [0.5, 0.6) is 195 Å². The summed E-state index contributed by atoms with van der Waals surface area (Å²) in [7, 11) is 0. The van der Waals surface area contributed by atoms with E-state index in [2.05, 4.69) is 0 Å². The number of hydrogen-bond acceptors (Lipinski definition) is 55. The Morgan fingerprint density at radius 3 is 0.945 bits per heavy atom. The number of phenols is 32. The minimum atomic E-state index is -3.69. The van der Waals surface area contributed by atoms with Crippen LogP contribution in [0, 0.1) is 0 Å². The number of carboxylic acid groups (broad SMARTS) is 1. The van der Waals surface area contributed by atoms with Crippen molar-refractivity contribution >= 4 is 65.7 Å². The Morgan fingerprint density at radius 2 is 0.538 bits per heavy atom. The normalized spacial score (nSPS) is 19.3. The van der Waals surface area contributed by atoms with E-state index in [1.807, 2.05) is 0 Å². The van der Waals surface area contributed by atoms with E-state index in [0.717, 1.165) is 0 Å². The molecule has 0 saturated heterocycles. The average Bonchev–Trinajstić information content (AvgIpc) is 1.49.